The number of nitrogens with one attached hydrogen (secondary N) is 2. The second kappa shape index (κ2) is 7.82. The average Bonchev–Trinajstić information content (AvgIpc) is 3.27. The van der Waals surface area contributed by atoms with Gasteiger partial charge < -0.3 is 15.4 Å². The number of aliphatic hydroxyl groups is 1. The number of hydrogen-bond acceptors (Lipinski definition) is 3. The quantitative estimate of drug-likeness (QED) is 0.726. The number of rotatable bonds is 6. The molecule has 3 rings (SSSR count). The molecule has 0 saturated carbocycles. The van der Waals surface area contributed by atoms with Gasteiger partial charge in [0.25, 0.3) is 5.91 Å². The van der Waals surface area contributed by atoms with Gasteiger partial charge in [-0.05, 0) is 55.6 Å². The van der Waals surface area contributed by atoms with Crippen molar-refractivity contribution >= 4 is 17.5 Å². The van der Waals surface area contributed by atoms with Crippen LogP contribution in [0.25, 0.3) is 0 Å². The van der Waals surface area contributed by atoms with E-state index in [0.29, 0.717) is 17.3 Å². The molecule has 1 aliphatic rings. The van der Waals surface area contributed by atoms with Gasteiger partial charge in [-0.1, -0.05) is 30.7 Å². The Morgan fingerprint density at radius 1 is 1.38 bits per heavy atom. The minimum Gasteiger partial charge on any atom is -0.394 e. The van der Waals surface area contributed by atoms with E-state index in [1.54, 1.807) is 12.3 Å². The Labute approximate surface area is 159 Å². The molecule has 1 aromatic carbocycles. The topological polar surface area (TPSA) is 68.4 Å². The zero-order chi connectivity index (χ0) is 18.7. The molecule has 1 aliphatic heterocycles. The first kappa shape index (κ1) is 19.0. The third-order valence-electron chi connectivity index (χ3n) is 5.44. The lowest BCUT2D eigenvalue weighted by molar-refractivity contribution is 0.0579. The Kier molecular flexibility index (Phi) is 5.70. The van der Waals surface area contributed by atoms with E-state index in [2.05, 4.69) is 29.0 Å². The molecular formula is C20H26ClN3O2. The van der Waals surface area contributed by atoms with Crippen LogP contribution in [0.4, 0.5) is 0 Å². The molecule has 26 heavy (non-hydrogen) atoms. The van der Waals surface area contributed by atoms with Gasteiger partial charge in [-0.25, -0.2) is 0 Å². The molecule has 0 radical (unpaired) electrons. The van der Waals surface area contributed by atoms with E-state index in [1.807, 2.05) is 30.3 Å². The molecule has 2 heterocycles. The van der Waals surface area contributed by atoms with Gasteiger partial charge in [0, 0.05) is 29.3 Å². The Hall–Kier alpha value is -1.82. The minimum atomic E-state index is -0.305. The molecule has 1 amide bonds. The third kappa shape index (κ3) is 3.65. The Morgan fingerprint density at radius 2 is 2.12 bits per heavy atom. The smallest absolute Gasteiger partial charge is 0.267 e. The van der Waals surface area contributed by atoms with Crippen LogP contribution in [0, 0.1) is 5.92 Å². The first-order chi connectivity index (χ1) is 12.5. The average molecular weight is 376 g/mol. The maximum absolute atomic E-state index is 12.3. The summed E-state index contributed by atoms with van der Waals surface area (Å²) in [5.41, 5.74) is 1.41. The van der Waals surface area contributed by atoms with E-state index >= 15 is 0 Å². The van der Waals surface area contributed by atoms with E-state index < -0.39 is 0 Å². The fourth-order valence-corrected chi connectivity index (χ4v) is 4.33. The lowest BCUT2D eigenvalue weighted by Crippen LogP contribution is -2.45. The molecule has 0 unspecified atom stereocenters. The maximum Gasteiger partial charge on any atom is 0.267 e. The Morgan fingerprint density at radius 3 is 2.69 bits per heavy atom. The first-order valence-corrected chi connectivity index (χ1v) is 9.41. The number of benzene rings is 1. The van der Waals surface area contributed by atoms with Crippen molar-refractivity contribution in [2.45, 2.75) is 31.8 Å². The minimum absolute atomic E-state index is 0.0893. The van der Waals surface area contributed by atoms with Gasteiger partial charge >= 0.3 is 0 Å². The summed E-state index contributed by atoms with van der Waals surface area (Å²) < 4.78 is 0. The molecular weight excluding hydrogens is 350 g/mol. The molecule has 6 heteroatoms. The van der Waals surface area contributed by atoms with Gasteiger partial charge in [-0.3, -0.25) is 9.69 Å². The molecule has 1 saturated heterocycles. The highest BCUT2D eigenvalue weighted by molar-refractivity contribution is 6.30. The first-order valence-electron chi connectivity index (χ1n) is 9.03. The van der Waals surface area contributed by atoms with Crippen LogP contribution < -0.4 is 5.32 Å². The third-order valence-corrected chi connectivity index (χ3v) is 5.69. The molecule has 2 aromatic rings. The normalized spacial score (nSPS) is 26.2. The number of aliphatic hydroxyl groups excluding tert-OH is 1. The standard InChI is InChI=1S/C20H26ClN3O2/c1-3-24-18(14-6-8-16(21)9-7-14)15(11-20(24,2)13-25)12-23-19(26)17-5-4-10-22-17/h4-10,15,18,22,25H,3,11-13H2,1-2H3,(H,23,26)/t15-,18+,20+/m1/s1. The predicted molar refractivity (Wildman–Crippen MR) is 103 cm³/mol. The number of likely N-dealkylation sites (tertiary alicyclic amines) is 1. The maximum atomic E-state index is 12.3. The number of aromatic amines is 1. The highest BCUT2D eigenvalue weighted by Gasteiger charge is 2.48. The van der Waals surface area contributed by atoms with Crippen molar-refractivity contribution in [3.63, 3.8) is 0 Å². The molecule has 1 fully saturated rings. The number of halogens is 1. The molecule has 1 aromatic heterocycles. The summed E-state index contributed by atoms with van der Waals surface area (Å²) in [5, 5.41) is 13.8. The number of hydrogen-bond donors (Lipinski definition) is 3. The van der Waals surface area contributed by atoms with E-state index in [-0.39, 0.29) is 30.0 Å². The van der Waals surface area contributed by atoms with Crippen LogP contribution in [0.3, 0.4) is 0 Å². The van der Waals surface area contributed by atoms with E-state index in [0.717, 1.165) is 18.5 Å². The van der Waals surface area contributed by atoms with Crippen LogP contribution in [0.15, 0.2) is 42.6 Å². The highest BCUT2D eigenvalue weighted by Crippen LogP contribution is 2.46. The van der Waals surface area contributed by atoms with Gasteiger partial charge in [0.15, 0.2) is 0 Å². The zero-order valence-electron chi connectivity index (χ0n) is 15.2. The fraction of sp³-hybridized carbons (Fsp3) is 0.450. The van der Waals surface area contributed by atoms with Gasteiger partial charge in [0.2, 0.25) is 0 Å². The lowest BCUT2D eigenvalue weighted by Gasteiger charge is -2.37. The summed E-state index contributed by atoms with van der Waals surface area (Å²) in [6, 6.07) is 11.6. The van der Waals surface area contributed by atoms with E-state index in [4.69, 9.17) is 11.6 Å². The number of likely N-dealkylation sites (N-methyl/N-ethyl adjacent to an activating group) is 1. The van der Waals surface area contributed by atoms with Crippen molar-refractivity contribution in [1.82, 2.24) is 15.2 Å². The molecule has 3 N–H and O–H groups in total. The molecule has 3 atom stereocenters. The molecule has 140 valence electrons. The molecule has 0 spiro atoms. The van der Waals surface area contributed by atoms with Crippen LogP contribution >= 0.6 is 11.6 Å². The number of nitrogens with zero attached hydrogens (tertiary/aromatic N) is 1. The summed E-state index contributed by atoms with van der Waals surface area (Å²) in [5.74, 6) is 0.0951. The van der Waals surface area contributed by atoms with Crippen LogP contribution in [0.1, 0.15) is 42.4 Å². The number of amides is 1. The van der Waals surface area contributed by atoms with Gasteiger partial charge in [0.05, 0.1) is 6.61 Å². The summed E-state index contributed by atoms with van der Waals surface area (Å²) in [7, 11) is 0. The molecule has 0 bridgehead atoms. The Bertz CT molecular complexity index is 732. The summed E-state index contributed by atoms with van der Waals surface area (Å²) in [6.07, 6.45) is 2.55. The van der Waals surface area contributed by atoms with Crippen molar-refractivity contribution in [2.24, 2.45) is 5.92 Å². The lowest BCUT2D eigenvalue weighted by atomic mass is 9.90. The SMILES string of the molecule is CCN1[C@@H](c2ccc(Cl)cc2)[C@@H](CNC(=O)c2ccc[nH]2)C[C@@]1(C)CO. The van der Waals surface area contributed by atoms with Gasteiger partial charge in [-0.2, -0.15) is 0 Å². The van der Waals surface area contributed by atoms with Crippen LogP contribution in [0.2, 0.25) is 5.02 Å². The second-order valence-electron chi connectivity index (χ2n) is 7.20. The summed E-state index contributed by atoms with van der Waals surface area (Å²) >= 11 is 6.05. The molecule has 0 aliphatic carbocycles. The van der Waals surface area contributed by atoms with Crippen LogP contribution in [0.5, 0.6) is 0 Å². The monoisotopic (exact) mass is 375 g/mol. The number of carbonyl (C=O) groups excluding carboxylic acids is 1. The van der Waals surface area contributed by atoms with Crippen LogP contribution in [-0.4, -0.2) is 46.1 Å². The number of carbonyl (C=O) groups is 1. The van der Waals surface area contributed by atoms with Crippen molar-refractivity contribution in [2.75, 3.05) is 19.7 Å². The zero-order valence-corrected chi connectivity index (χ0v) is 16.0. The largest absolute Gasteiger partial charge is 0.394 e. The second-order valence-corrected chi connectivity index (χ2v) is 7.63. The highest BCUT2D eigenvalue weighted by atomic mass is 35.5. The number of H-pyrrole nitrogens is 1. The van der Waals surface area contributed by atoms with Gasteiger partial charge in [0.1, 0.15) is 5.69 Å². The summed E-state index contributed by atoms with van der Waals surface area (Å²) in [4.78, 5) is 17.6. The van der Waals surface area contributed by atoms with Crippen molar-refractivity contribution < 1.29 is 9.90 Å². The predicted octanol–water partition coefficient (Wildman–Crippen LogP) is 3.23. The van der Waals surface area contributed by atoms with E-state index in [1.165, 1.54) is 0 Å². The van der Waals surface area contributed by atoms with E-state index in [9.17, 15) is 9.90 Å². The molecule has 5 nitrogen and oxygen atoms in total. The van der Waals surface area contributed by atoms with Crippen LogP contribution in [-0.2, 0) is 0 Å². The van der Waals surface area contributed by atoms with Crippen molar-refractivity contribution in [3.05, 3.63) is 58.9 Å². The van der Waals surface area contributed by atoms with Gasteiger partial charge in [-0.15, -0.1) is 0 Å². The van der Waals surface area contributed by atoms with Crippen molar-refractivity contribution in [3.8, 4) is 0 Å². The summed E-state index contributed by atoms with van der Waals surface area (Å²) in [6.45, 7) is 5.66. The Balaban J connectivity index is 1.83. The van der Waals surface area contributed by atoms with Crippen molar-refractivity contribution in [1.29, 1.82) is 0 Å². The fourth-order valence-electron chi connectivity index (χ4n) is 4.20. The number of aromatic nitrogens is 1.